The van der Waals surface area contributed by atoms with Crippen molar-refractivity contribution >= 4 is 39.1 Å². The SMILES string of the molecule is Cc1ccc(S(=O)(=O)N(CC(=O)N(Cc2cccc(Cl)c2)[C@@H](Cc2ccccc2)C(=O)NCC(C)C)c2cc(C)cc(C)c2)cc1. The molecule has 0 aromatic heterocycles. The number of rotatable bonds is 13. The molecule has 0 saturated carbocycles. The van der Waals surface area contributed by atoms with Crippen molar-refractivity contribution in [3.63, 3.8) is 0 Å². The molecule has 1 atom stereocenters. The maximum atomic E-state index is 14.6. The Bertz CT molecular complexity index is 1740. The maximum Gasteiger partial charge on any atom is 0.264 e. The van der Waals surface area contributed by atoms with Crippen LogP contribution in [0, 0.1) is 26.7 Å². The highest BCUT2D eigenvalue weighted by molar-refractivity contribution is 7.92. The van der Waals surface area contributed by atoms with Crippen LogP contribution in [-0.4, -0.2) is 44.3 Å². The Morgan fingerprint density at radius 1 is 0.783 bits per heavy atom. The first kappa shape index (κ1) is 34.7. The van der Waals surface area contributed by atoms with E-state index in [1.165, 1.54) is 4.90 Å². The first-order valence-corrected chi connectivity index (χ1v) is 17.2. The normalized spacial score (nSPS) is 12.1. The average molecular weight is 660 g/mol. The second-order valence-electron chi connectivity index (χ2n) is 12.2. The Morgan fingerprint density at radius 3 is 2.02 bits per heavy atom. The Labute approximate surface area is 278 Å². The number of hydrogen-bond acceptors (Lipinski definition) is 4. The van der Waals surface area contributed by atoms with Crippen molar-refractivity contribution in [2.24, 2.45) is 5.92 Å². The van der Waals surface area contributed by atoms with E-state index in [4.69, 9.17) is 11.6 Å². The molecule has 4 rings (SSSR count). The summed E-state index contributed by atoms with van der Waals surface area (Å²) in [6, 6.07) is 27.7. The van der Waals surface area contributed by atoms with Crippen LogP contribution >= 0.6 is 11.6 Å². The fourth-order valence-electron chi connectivity index (χ4n) is 5.27. The standard InChI is InChI=1S/C37H42ClN3O4S/c1-26(2)23-39-37(43)35(22-30-10-7-6-8-11-30)40(24-31-12-9-13-32(38)21-31)36(42)25-41(33-19-28(4)18-29(5)20-33)46(44,45)34-16-14-27(3)15-17-34/h6-21,26,35H,22-25H2,1-5H3,(H,39,43)/t35-/m0/s1. The number of benzene rings is 4. The smallest absolute Gasteiger partial charge is 0.264 e. The van der Waals surface area contributed by atoms with Gasteiger partial charge in [-0.15, -0.1) is 0 Å². The molecular weight excluding hydrogens is 618 g/mol. The molecule has 0 aliphatic heterocycles. The van der Waals surface area contributed by atoms with Gasteiger partial charge in [0, 0.05) is 24.5 Å². The van der Waals surface area contributed by atoms with E-state index in [1.54, 1.807) is 54.6 Å². The minimum atomic E-state index is -4.17. The monoisotopic (exact) mass is 659 g/mol. The summed E-state index contributed by atoms with van der Waals surface area (Å²) >= 11 is 6.33. The number of halogens is 1. The van der Waals surface area contributed by atoms with Gasteiger partial charge in [0.1, 0.15) is 12.6 Å². The Hall–Kier alpha value is -4.14. The highest BCUT2D eigenvalue weighted by Gasteiger charge is 2.34. The fourth-order valence-corrected chi connectivity index (χ4v) is 6.88. The largest absolute Gasteiger partial charge is 0.354 e. The highest BCUT2D eigenvalue weighted by atomic mass is 35.5. The summed E-state index contributed by atoms with van der Waals surface area (Å²) in [5.41, 5.74) is 4.59. The number of carbonyl (C=O) groups is 2. The quantitative estimate of drug-likeness (QED) is 0.170. The van der Waals surface area contributed by atoms with Crippen molar-refractivity contribution in [1.82, 2.24) is 10.2 Å². The molecule has 0 fully saturated rings. The molecule has 0 aliphatic carbocycles. The van der Waals surface area contributed by atoms with Crippen LogP contribution in [0.15, 0.2) is 102 Å². The molecule has 0 bridgehead atoms. The predicted octanol–water partition coefficient (Wildman–Crippen LogP) is 6.87. The van der Waals surface area contributed by atoms with Gasteiger partial charge >= 0.3 is 0 Å². The first-order valence-electron chi connectivity index (χ1n) is 15.4. The maximum absolute atomic E-state index is 14.6. The van der Waals surface area contributed by atoms with Crippen LogP contribution in [0.25, 0.3) is 0 Å². The molecule has 46 heavy (non-hydrogen) atoms. The van der Waals surface area contributed by atoms with E-state index in [-0.39, 0.29) is 29.7 Å². The average Bonchev–Trinajstić information content (AvgIpc) is 3.00. The molecule has 0 spiro atoms. The van der Waals surface area contributed by atoms with Gasteiger partial charge in [-0.1, -0.05) is 91.7 Å². The Balaban J connectivity index is 1.82. The number of carbonyl (C=O) groups excluding carboxylic acids is 2. The van der Waals surface area contributed by atoms with Crippen LogP contribution in [0.4, 0.5) is 5.69 Å². The molecule has 4 aromatic carbocycles. The molecular formula is C37H42ClN3O4S. The van der Waals surface area contributed by atoms with Gasteiger partial charge < -0.3 is 10.2 Å². The lowest BCUT2D eigenvalue weighted by Gasteiger charge is -2.34. The Morgan fingerprint density at radius 2 is 1.41 bits per heavy atom. The first-order chi connectivity index (χ1) is 21.8. The van der Waals surface area contributed by atoms with Crippen LogP contribution in [0.1, 0.15) is 41.7 Å². The zero-order chi connectivity index (χ0) is 33.4. The topological polar surface area (TPSA) is 86.8 Å². The molecule has 7 nitrogen and oxygen atoms in total. The number of sulfonamides is 1. The number of anilines is 1. The van der Waals surface area contributed by atoms with E-state index in [0.717, 1.165) is 32.1 Å². The van der Waals surface area contributed by atoms with Crippen LogP contribution in [0.2, 0.25) is 5.02 Å². The zero-order valence-corrected chi connectivity index (χ0v) is 28.6. The van der Waals surface area contributed by atoms with Gasteiger partial charge in [0.05, 0.1) is 10.6 Å². The van der Waals surface area contributed by atoms with Crippen molar-refractivity contribution in [2.45, 2.75) is 58.5 Å². The number of nitrogens with one attached hydrogen (secondary N) is 1. The summed E-state index contributed by atoms with van der Waals surface area (Å²) in [5.74, 6) is -0.638. The van der Waals surface area contributed by atoms with E-state index in [0.29, 0.717) is 17.3 Å². The van der Waals surface area contributed by atoms with E-state index in [1.807, 2.05) is 77.1 Å². The minimum Gasteiger partial charge on any atom is -0.354 e. The molecule has 0 radical (unpaired) electrons. The summed E-state index contributed by atoms with van der Waals surface area (Å²) < 4.78 is 29.7. The Kier molecular flexibility index (Phi) is 11.7. The zero-order valence-electron chi connectivity index (χ0n) is 27.0. The minimum absolute atomic E-state index is 0.0528. The molecule has 4 aromatic rings. The van der Waals surface area contributed by atoms with Gasteiger partial charge in [0.25, 0.3) is 10.0 Å². The van der Waals surface area contributed by atoms with Gasteiger partial charge in [-0.2, -0.15) is 0 Å². The van der Waals surface area contributed by atoms with E-state index in [9.17, 15) is 18.0 Å². The third-order valence-electron chi connectivity index (χ3n) is 7.58. The molecule has 1 N–H and O–H groups in total. The fraction of sp³-hybridized carbons (Fsp3) is 0.297. The van der Waals surface area contributed by atoms with Crippen LogP contribution < -0.4 is 9.62 Å². The van der Waals surface area contributed by atoms with E-state index < -0.39 is 28.5 Å². The molecule has 0 saturated heterocycles. The van der Waals surface area contributed by atoms with E-state index >= 15 is 0 Å². The van der Waals surface area contributed by atoms with Crippen molar-refractivity contribution < 1.29 is 18.0 Å². The molecule has 242 valence electrons. The lowest BCUT2D eigenvalue weighted by molar-refractivity contribution is -0.140. The van der Waals surface area contributed by atoms with Crippen molar-refractivity contribution in [2.75, 3.05) is 17.4 Å². The molecule has 9 heteroatoms. The van der Waals surface area contributed by atoms with Gasteiger partial charge in [0.15, 0.2) is 0 Å². The summed E-state index contributed by atoms with van der Waals surface area (Å²) in [5, 5.41) is 3.50. The summed E-state index contributed by atoms with van der Waals surface area (Å²) in [4.78, 5) is 30.0. The van der Waals surface area contributed by atoms with Crippen molar-refractivity contribution in [1.29, 1.82) is 0 Å². The second kappa shape index (κ2) is 15.4. The third-order valence-corrected chi connectivity index (χ3v) is 9.60. The molecule has 0 aliphatic rings. The third kappa shape index (κ3) is 9.21. The number of amides is 2. The summed E-state index contributed by atoms with van der Waals surface area (Å²) in [6.45, 7) is 9.62. The molecule has 2 amide bonds. The summed E-state index contributed by atoms with van der Waals surface area (Å²) in [7, 11) is -4.17. The lowest BCUT2D eigenvalue weighted by atomic mass is 10.0. The van der Waals surface area contributed by atoms with Crippen LogP contribution in [-0.2, 0) is 32.6 Å². The predicted molar refractivity (Wildman–Crippen MR) is 185 cm³/mol. The van der Waals surface area contributed by atoms with Gasteiger partial charge in [-0.25, -0.2) is 8.42 Å². The molecule has 0 heterocycles. The van der Waals surface area contributed by atoms with Gasteiger partial charge in [-0.05, 0) is 85.3 Å². The number of hydrogen-bond donors (Lipinski definition) is 1. The van der Waals surface area contributed by atoms with Gasteiger partial charge in [0.2, 0.25) is 11.8 Å². The second-order valence-corrected chi connectivity index (χ2v) is 14.5. The number of nitrogens with zero attached hydrogens (tertiary/aromatic N) is 2. The van der Waals surface area contributed by atoms with Crippen LogP contribution in [0.3, 0.4) is 0 Å². The van der Waals surface area contributed by atoms with Crippen molar-refractivity contribution in [3.8, 4) is 0 Å². The summed E-state index contributed by atoms with van der Waals surface area (Å²) in [6.07, 6.45) is 0.241. The van der Waals surface area contributed by atoms with E-state index in [2.05, 4.69) is 5.32 Å². The number of aryl methyl sites for hydroxylation is 3. The van der Waals surface area contributed by atoms with Crippen molar-refractivity contribution in [3.05, 3.63) is 130 Å². The van der Waals surface area contributed by atoms with Gasteiger partial charge in [-0.3, -0.25) is 13.9 Å². The van der Waals surface area contributed by atoms with Crippen LogP contribution in [0.5, 0.6) is 0 Å². The molecule has 0 unspecified atom stereocenters. The highest BCUT2D eigenvalue weighted by Crippen LogP contribution is 2.27. The lowest BCUT2D eigenvalue weighted by Crippen LogP contribution is -2.53.